The van der Waals surface area contributed by atoms with Crippen molar-refractivity contribution in [1.82, 2.24) is 5.32 Å². The van der Waals surface area contributed by atoms with Crippen molar-refractivity contribution >= 4 is 33.6 Å². The van der Waals surface area contributed by atoms with Gasteiger partial charge in [-0.25, -0.2) is 4.99 Å². The van der Waals surface area contributed by atoms with Gasteiger partial charge in [-0.05, 0) is 29.3 Å². The Bertz CT molecular complexity index is 690. The zero-order valence-corrected chi connectivity index (χ0v) is 14.3. The van der Waals surface area contributed by atoms with Crippen LogP contribution >= 0.6 is 27.5 Å². The van der Waals surface area contributed by atoms with Crippen LogP contribution in [0.5, 0.6) is 0 Å². The summed E-state index contributed by atoms with van der Waals surface area (Å²) >= 11 is 9.81. The first kappa shape index (κ1) is 15.4. The van der Waals surface area contributed by atoms with Gasteiger partial charge in [0.15, 0.2) is 0 Å². The summed E-state index contributed by atoms with van der Waals surface area (Å²) in [5.41, 5.74) is 2.36. The van der Waals surface area contributed by atoms with Crippen molar-refractivity contribution in [1.29, 1.82) is 0 Å². The van der Waals surface area contributed by atoms with Crippen molar-refractivity contribution in [2.75, 3.05) is 19.7 Å². The van der Waals surface area contributed by atoms with E-state index in [1.165, 1.54) is 5.56 Å². The van der Waals surface area contributed by atoms with Crippen LogP contribution in [0.25, 0.3) is 0 Å². The number of hydrogen-bond donors (Lipinski definition) is 1. The molecule has 0 aliphatic carbocycles. The van der Waals surface area contributed by atoms with E-state index in [4.69, 9.17) is 16.3 Å². The summed E-state index contributed by atoms with van der Waals surface area (Å²) < 4.78 is 6.51. The third-order valence-corrected chi connectivity index (χ3v) is 4.53. The lowest BCUT2D eigenvalue weighted by atomic mass is 9.91. The largest absolute Gasteiger partial charge is 0.463 e. The second-order valence-corrected chi connectivity index (χ2v) is 6.34. The molecule has 0 aromatic heterocycles. The molecule has 0 saturated heterocycles. The van der Waals surface area contributed by atoms with Crippen LogP contribution in [0, 0.1) is 0 Å². The van der Waals surface area contributed by atoms with Gasteiger partial charge in [-0.3, -0.25) is 0 Å². The highest BCUT2D eigenvalue weighted by atomic mass is 79.9. The molecule has 2 aromatic carbocycles. The number of amidine groups is 1. The van der Waals surface area contributed by atoms with Crippen LogP contribution in [0.15, 0.2) is 58.0 Å². The SMILES string of the molecule is Clc1cccc(C(CNC2=NCCO2)c2ccccc2Br)c1. The maximum Gasteiger partial charge on any atom is 0.284 e. The summed E-state index contributed by atoms with van der Waals surface area (Å²) in [5, 5.41) is 4.03. The standard InChI is InChI=1S/C17H16BrClN2O/c18-16-7-2-1-6-14(16)15(11-21-17-20-8-9-22-17)12-4-3-5-13(19)10-12/h1-7,10,15H,8-9,11H2,(H,20,21). The molecule has 1 aliphatic rings. The Labute approximate surface area is 143 Å². The number of aliphatic imine (C=N–C) groups is 1. The van der Waals surface area contributed by atoms with Crippen LogP contribution in [0.3, 0.4) is 0 Å². The molecule has 1 unspecified atom stereocenters. The van der Waals surface area contributed by atoms with E-state index in [2.05, 4.69) is 44.4 Å². The normalized spacial score (nSPS) is 15.1. The summed E-state index contributed by atoms with van der Waals surface area (Å²) in [5.74, 6) is 0.154. The van der Waals surface area contributed by atoms with Crippen molar-refractivity contribution in [3.8, 4) is 0 Å². The molecule has 0 bridgehead atoms. The lowest BCUT2D eigenvalue weighted by Crippen LogP contribution is -2.29. The molecular weight excluding hydrogens is 364 g/mol. The van der Waals surface area contributed by atoms with Crippen LogP contribution in [0.1, 0.15) is 17.0 Å². The van der Waals surface area contributed by atoms with Crippen molar-refractivity contribution in [3.05, 3.63) is 69.2 Å². The molecular formula is C17H16BrClN2O. The molecule has 0 amide bonds. The van der Waals surface area contributed by atoms with E-state index in [-0.39, 0.29) is 5.92 Å². The van der Waals surface area contributed by atoms with E-state index in [0.29, 0.717) is 19.2 Å². The molecule has 0 spiro atoms. The van der Waals surface area contributed by atoms with Crippen LogP contribution in [-0.4, -0.2) is 25.7 Å². The number of hydrogen-bond acceptors (Lipinski definition) is 3. The molecule has 114 valence electrons. The van der Waals surface area contributed by atoms with Gasteiger partial charge in [-0.1, -0.05) is 57.9 Å². The number of rotatable bonds is 4. The van der Waals surface area contributed by atoms with E-state index in [1.807, 2.05) is 30.3 Å². The smallest absolute Gasteiger partial charge is 0.284 e. The fourth-order valence-electron chi connectivity index (χ4n) is 2.52. The average Bonchev–Trinajstić information content (AvgIpc) is 3.03. The second kappa shape index (κ2) is 7.16. The Morgan fingerprint density at radius 3 is 2.82 bits per heavy atom. The maximum absolute atomic E-state index is 6.16. The highest BCUT2D eigenvalue weighted by molar-refractivity contribution is 9.10. The number of ether oxygens (including phenoxy) is 1. The van der Waals surface area contributed by atoms with Gasteiger partial charge in [-0.2, -0.15) is 0 Å². The van der Waals surface area contributed by atoms with Crippen LogP contribution < -0.4 is 5.32 Å². The fraction of sp³-hybridized carbons (Fsp3) is 0.235. The Morgan fingerprint density at radius 2 is 2.09 bits per heavy atom. The molecule has 2 aromatic rings. The van der Waals surface area contributed by atoms with Gasteiger partial charge >= 0.3 is 0 Å². The first-order valence-corrected chi connectivity index (χ1v) is 8.32. The molecule has 1 N–H and O–H groups in total. The first-order valence-electron chi connectivity index (χ1n) is 7.15. The zero-order chi connectivity index (χ0) is 15.4. The average molecular weight is 380 g/mol. The molecule has 0 saturated carbocycles. The van der Waals surface area contributed by atoms with E-state index < -0.39 is 0 Å². The molecule has 1 atom stereocenters. The quantitative estimate of drug-likeness (QED) is 0.863. The Hall–Kier alpha value is -1.52. The topological polar surface area (TPSA) is 33.6 Å². The molecule has 3 nitrogen and oxygen atoms in total. The van der Waals surface area contributed by atoms with Gasteiger partial charge in [0.05, 0.1) is 6.54 Å². The number of nitrogens with zero attached hydrogens (tertiary/aromatic N) is 1. The molecule has 5 heteroatoms. The van der Waals surface area contributed by atoms with E-state index in [0.717, 1.165) is 21.6 Å². The number of halogens is 2. The van der Waals surface area contributed by atoms with Crippen molar-refractivity contribution in [2.45, 2.75) is 5.92 Å². The summed E-state index contributed by atoms with van der Waals surface area (Å²) in [7, 11) is 0. The molecule has 1 heterocycles. The zero-order valence-electron chi connectivity index (χ0n) is 11.9. The summed E-state index contributed by atoms with van der Waals surface area (Å²) in [6.07, 6.45) is 0. The van der Waals surface area contributed by atoms with E-state index >= 15 is 0 Å². The summed E-state index contributed by atoms with van der Waals surface area (Å²) in [4.78, 5) is 4.28. The van der Waals surface area contributed by atoms with Crippen molar-refractivity contribution in [3.63, 3.8) is 0 Å². The van der Waals surface area contributed by atoms with Crippen LogP contribution in [0.2, 0.25) is 5.02 Å². The molecule has 0 radical (unpaired) electrons. The number of benzene rings is 2. The minimum atomic E-state index is 0.154. The lowest BCUT2D eigenvalue weighted by molar-refractivity contribution is 0.331. The Balaban J connectivity index is 1.89. The van der Waals surface area contributed by atoms with Gasteiger partial charge in [0.1, 0.15) is 6.61 Å². The van der Waals surface area contributed by atoms with Crippen molar-refractivity contribution < 1.29 is 4.74 Å². The van der Waals surface area contributed by atoms with E-state index in [9.17, 15) is 0 Å². The van der Waals surface area contributed by atoms with Crippen LogP contribution in [0.4, 0.5) is 0 Å². The van der Waals surface area contributed by atoms with Gasteiger partial charge in [-0.15, -0.1) is 0 Å². The van der Waals surface area contributed by atoms with Gasteiger partial charge in [0, 0.05) is 22.0 Å². The highest BCUT2D eigenvalue weighted by Gasteiger charge is 2.18. The highest BCUT2D eigenvalue weighted by Crippen LogP contribution is 2.31. The van der Waals surface area contributed by atoms with Crippen LogP contribution in [-0.2, 0) is 4.74 Å². The third-order valence-electron chi connectivity index (χ3n) is 3.57. The molecule has 0 fully saturated rings. The lowest BCUT2D eigenvalue weighted by Gasteiger charge is -2.20. The third kappa shape index (κ3) is 3.62. The molecule has 3 rings (SSSR count). The number of nitrogens with one attached hydrogen (secondary N) is 1. The fourth-order valence-corrected chi connectivity index (χ4v) is 3.28. The van der Waals surface area contributed by atoms with Gasteiger partial charge in [0.2, 0.25) is 0 Å². The van der Waals surface area contributed by atoms with Gasteiger partial charge < -0.3 is 10.1 Å². The van der Waals surface area contributed by atoms with Gasteiger partial charge in [0.25, 0.3) is 6.02 Å². The molecule has 22 heavy (non-hydrogen) atoms. The minimum Gasteiger partial charge on any atom is -0.463 e. The van der Waals surface area contributed by atoms with E-state index in [1.54, 1.807) is 0 Å². The summed E-state index contributed by atoms with van der Waals surface area (Å²) in [6.45, 7) is 2.07. The first-order chi connectivity index (χ1) is 10.7. The Morgan fingerprint density at radius 1 is 1.23 bits per heavy atom. The predicted molar refractivity (Wildman–Crippen MR) is 93.7 cm³/mol. The predicted octanol–water partition coefficient (Wildman–Crippen LogP) is 4.21. The second-order valence-electron chi connectivity index (χ2n) is 5.05. The minimum absolute atomic E-state index is 0.154. The van der Waals surface area contributed by atoms with Crippen molar-refractivity contribution in [2.24, 2.45) is 4.99 Å². The molecule has 1 aliphatic heterocycles. The maximum atomic E-state index is 6.16. The monoisotopic (exact) mass is 378 g/mol. The summed E-state index contributed by atoms with van der Waals surface area (Å²) in [6, 6.07) is 16.8. The Kier molecular flexibility index (Phi) is 5.01.